The number of allylic oxidation sites excluding steroid dienone is 5. The summed E-state index contributed by atoms with van der Waals surface area (Å²) in [7, 11) is 0. The summed E-state index contributed by atoms with van der Waals surface area (Å²) < 4.78 is 0. The summed E-state index contributed by atoms with van der Waals surface area (Å²) in [5.74, 6) is 0. The van der Waals surface area contributed by atoms with Gasteiger partial charge in [0.25, 0.3) is 0 Å². The highest BCUT2D eigenvalue weighted by atomic mass is 13.9. The Hall–Kier alpha value is -0.780. The summed E-state index contributed by atoms with van der Waals surface area (Å²) in [6.45, 7) is 8.06. The van der Waals surface area contributed by atoms with Crippen molar-refractivity contribution in [2.75, 3.05) is 0 Å². The zero-order chi connectivity index (χ0) is 7.82. The standard InChI is InChI=1S/C10H16/c1-4-6-7-9-10(3)8-5-2/h4,6-7,9H,3,5,8H2,1-2H3/b6-4+,9-7+. The van der Waals surface area contributed by atoms with E-state index >= 15 is 0 Å². The van der Waals surface area contributed by atoms with Crippen molar-refractivity contribution in [3.05, 3.63) is 36.5 Å². The first kappa shape index (κ1) is 9.22. The van der Waals surface area contributed by atoms with Crippen LogP contribution in [0.5, 0.6) is 0 Å². The van der Waals surface area contributed by atoms with Gasteiger partial charge >= 0.3 is 0 Å². The molecule has 0 amide bonds. The Morgan fingerprint density at radius 1 is 1.40 bits per heavy atom. The third-order valence-electron chi connectivity index (χ3n) is 1.21. The maximum Gasteiger partial charge on any atom is -0.0287 e. The van der Waals surface area contributed by atoms with Crippen molar-refractivity contribution in [2.45, 2.75) is 26.7 Å². The maximum absolute atomic E-state index is 3.90. The molecule has 0 unspecified atom stereocenters. The van der Waals surface area contributed by atoms with Gasteiger partial charge in [-0.05, 0) is 13.3 Å². The zero-order valence-corrected chi connectivity index (χ0v) is 6.93. The predicted octanol–water partition coefficient (Wildman–Crippen LogP) is 3.48. The number of rotatable bonds is 4. The average Bonchev–Trinajstić information content (AvgIpc) is 1.89. The fraction of sp³-hybridized carbons (Fsp3) is 0.400. The highest BCUT2D eigenvalue weighted by Crippen LogP contribution is 2.02. The van der Waals surface area contributed by atoms with Gasteiger partial charge in [-0.1, -0.05) is 49.8 Å². The first-order valence-electron chi connectivity index (χ1n) is 3.78. The average molecular weight is 136 g/mol. The van der Waals surface area contributed by atoms with Crippen molar-refractivity contribution in [3.63, 3.8) is 0 Å². The van der Waals surface area contributed by atoms with Crippen LogP contribution in [0.25, 0.3) is 0 Å². The van der Waals surface area contributed by atoms with Crippen LogP contribution in [0.1, 0.15) is 26.7 Å². The summed E-state index contributed by atoms with van der Waals surface area (Å²) in [5, 5.41) is 0. The van der Waals surface area contributed by atoms with Gasteiger partial charge in [-0.15, -0.1) is 0 Å². The van der Waals surface area contributed by atoms with E-state index in [1.807, 2.05) is 25.2 Å². The normalized spacial score (nSPS) is 11.4. The molecule has 0 atom stereocenters. The molecule has 0 aromatic heterocycles. The summed E-state index contributed by atoms with van der Waals surface area (Å²) >= 11 is 0. The Balaban J connectivity index is 3.56. The lowest BCUT2D eigenvalue weighted by Crippen LogP contribution is -1.71. The van der Waals surface area contributed by atoms with Crippen molar-refractivity contribution in [1.82, 2.24) is 0 Å². The lowest BCUT2D eigenvalue weighted by molar-refractivity contribution is 0.930. The fourth-order valence-electron chi connectivity index (χ4n) is 0.707. The Morgan fingerprint density at radius 2 is 2.10 bits per heavy atom. The van der Waals surface area contributed by atoms with Gasteiger partial charge in [0, 0.05) is 0 Å². The third-order valence-corrected chi connectivity index (χ3v) is 1.21. The molecule has 0 heterocycles. The number of hydrogen-bond donors (Lipinski definition) is 0. The van der Waals surface area contributed by atoms with E-state index < -0.39 is 0 Å². The van der Waals surface area contributed by atoms with Crippen LogP contribution < -0.4 is 0 Å². The first-order chi connectivity index (χ1) is 4.81. The van der Waals surface area contributed by atoms with Gasteiger partial charge in [0.2, 0.25) is 0 Å². The van der Waals surface area contributed by atoms with Crippen LogP contribution in [0.2, 0.25) is 0 Å². The second-order valence-electron chi connectivity index (χ2n) is 2.29. The molecule has 0 fully saturated rings. The van der Waals surface area contributed by atoms with Crippen molar-refractivity contribution in [3.8, 4) is 0 Å². The number of hydrogen-bond acceptors (Lipinski definition) is 0. The largest absolute Gasteiger partial charge is 0.0958 e. The molecule has 0 spiro atoms. The van der Waals surface area contributed by atoms with Gasteiger partial charge in [-0.2, -0.15) is 0 Å². The van der Waals surface area contributed by atoms with E-state index in [4.69, 9.17) is 0 Å². The van der Waals surface area contributed by atoms with E-state index in [1.165, 1.54) is 12.0 Å². The second-order valence-corrected chi connectivity index (χ2v) is 2.29. The highest BCUT2D eigenvalue weighted by Gasteiger charge is 1.82. The van der Waals surface area contributed by atoms with Crippen LogP contribution in [0.15, 0.2) is 36.5 Å². The van der Waals surface area contributed by atoms with Crippen LogP contribution >= 0.6 is 0 Å². The van der Waals surface area contributed by atoms with Crippen LogP contribution in [-0.4, -0.2) is 0 Å². The van der Waals surface area contributed by atoms with E-state index in [2.05, 4.69) is 19.6 Å². The molecule has 0 saturated heterocycles. The summed E-state index contributed by atoms with van der Waals surface area (Å²) in [6, 6.07) is 0. The molecule has 0 aliphatic heterocycles. The molecule has 0 aromatic carbocycles. The molecule has 0 aliphatic rings. The van der Waals surface area contributed by atoms with Crippen molar-refractivity contribution in [1.29, 1.82) is 0 Å². The Bertz CT molecular complexity index is 138. The predicted molar refractivity (Wildman–Crippen MR) is 48.0 cm³/mol. The van der Waals surface area contributed by atoms with Crippen molar-refractivity contribution < 1.29 is 0 Å². The molecular formula is C10H16. The molecule has 0 nitrogen and oxygen atoms in total. The van der Waals surface area contributed by atoms with Crippen molar-refractivity contribution >= 4 is 0 Å². The van der Waals surface area contributed by atoms with Crippen LogP contribution in [-0.2, 0) is 0 Å². The van der Waals surface area contributed by atoms with Gasteiger partial charge in [-0.3, -0.25) is 0 Å². The van der Waals surface area contributed by atoms with Crippen LogP contribution in [0.4, 0.5) is 0 Å². The van der Waals surface area contributed by atoms with E-state index in [1.54, 1.807) is 0 Å². The molecule has 0 bridgehead atoms. The third kappa shape index (κ3) is 5.36. The molecule has 10 heavy (non-hydrogen) atoms. The first-order valence-corrected chi connectivity index (χ1v) is 3.78. The molecular weight excluding hydrogens is 120 g/mol. The van der Waals surface area contributed by atoms with Gasteiger partial charge in [0.05, 0.1) is 0 Å². The Kier molecular flexibility index (Phi) is 5.85. The molecule has 0 rings (SSSR count). The fourth-order valence-corrected chi connectivity index (χ4v) is 0.707. The lowest BCUT2D eigenvalue weighted by atomic mass is 10.1. The minimum Gasteiger partial charge on any atom is -0.0958 e. The van der Waals surface area contributed by atoms with Gasteiger partial charge < -0.3 is 0 Å². The van der Waals surface area contributed by atoms with Gasteiger partial charge in [-0.25, -0.2) is 0 Å². The van der Waals surface area contributed by atoms with Crippen LogP contribution in [0, 0.1) is 0 Å². The van der Waals surface area contributed by atoms with Gasteiger partial charge in [0.1, 0.15) is 0 Å². The molecule has 0 N–H and O–H groups in total. The minimum atomic E-state index is 1.11. The molecule has 0 radical (unpaired) electrons. The lowest BCUT2D eigenvalue weighted by Gasteiger charge is -1.91. The van der Waals surface area contributed by atoms with Gasteiger partial charge in [0.15, 0.2) is 0 Å². The molecule has 56 valence electrons. The van der Waals surface area contributed by atoms with E-state index in [0.29, 0.717) is 0 Å². The SMILES string of the molecule is C=C(/C=C/C=C/C)CCC. The van der Waals surface area contributed by atoms with Crippen molar-refractivity contribution in [2.24, 2.45) is 0 Å². The maximum atomic E-state index is 3.90. The van der Waals surface area contributed by atoms with Crippen LogP contribution in [0.3, 0.4) is 0 Å². The van der Waals surface area contributed by atoms with E-state index in [9.17, 15) is 0 Å². The zero-order valence-electron chi connectivity index (χ0n) is 6.93. The summed E-state index contributed by atoms with van der Waals surface area (Å²) in [6.07, 6.45) is 10.4. The molecule has 0 aliphatic carbocycles. The Labute approximate surface area is 64.0 Å². The second kappa shape index (κ2) is 6.34. The van der Waals surface area contributed by atoms with E-state index in [0.717, 1.165) is 6.42 Å². The molecule has 0 heteroatoms. The summed E-state index contributed by atoms with van der Waals surface area (Å²) in [5.41, 5.74) is 1.21. The monoisotopic (exact) mass is 136 g/mol. The quantitative estimate of drug-likeness (QED) is 0.519. The highest BCUT2D eigenvalue weighted by molar-refractivity contribution is 5.18. The summed E-state index contributed by atoms with van der Waals surface area (Å²) in [4.78, 5) is 0. The molecule has 0 aromatic rings. The minimum absolute atomic E-state index is 1.11. The van der Waals surface area contributed by atoms with E-state index in [-0.39, 0.29) is 0 Å². The topological polar surface area (TPSA) is 0 Å². The molecule has 0 saturated carbocycles. The Morgan fingerprint density at radius 3 is 2.60 bits per heavy atom. The smallest absolute Gasteiger partial charge is 0.0287 e.